The first-order chi connectivity index (χ1) is 8.32. The highest BCUT2D eigenvalue weighted by Gasteiger charge is 2.47. The number of hydrogen-bond acceptors (Lipinski definition) is 3. The molecule has 0 saturated heterocycles. The molecule has 0 bridgehead atoms. The maximum atomic E-state index is 10.9. The molecule has 1 atom stereocenters. The Morgan fingerprint density at radius 3 is 2.33 bits per heavy atom. The van der Waals surface area contributed by atoms with Crippen LogP contribution in [0.15, 0.2) is 12.1 Å². The van der Waals surface area contributed by atoms with Crippen LogP contribution in [0.4, 0.5) is 0 Å². The van der Waals surface area contributed by atoms with Crippen molar-refractivity contribution < 1.29 is 15.0 Å². The Balaban J connectivity index is 2.64. The van der Waals surface area contributed by atoms with Crippen molar-refractivity contribution in [2.75, 3.05) is 0 Å². The van der Waals surface area contributed by atoms with Gasteiger partial charge in [0.1, 0.15) is 6.29 Å². The Labute approximate surface area is 107 Å². The fourth-order valence-electron chi connectivity index (χ4n) is 3.13. The number of carbonyl (C=O) groups is 1. The third kappa shape index (κ3) is 1.69. The second-order valence-corrected chi connectivity index (χ2v) is 6.12. The van der Waals surface area contributed by atoms with Gasteiger partial charge in [-0.1, -0.05) is 27.2 Å². The SMILES string of the molecule is CC1(C)CCC[C@]1(C)c1cc(C=O)cc(O)c1O. The normalized spacial score (nSPS) is 26.2. The standard InChI is InChI=1S/C15H20O3/c1-14(2)5-4-6-15(14,3)11-7-10(9-16)8-12(17)13(11)18/h7-9,17-18H,4-6H2,1-3H3/t15-/m1/s1. The van der Waals surface area contributed by atoms with Crippen LogP contribution in [0.5, 0.6) is 11.5 Å². The van der Waals surface area contributed by atoms with E-state index in [1.807, 2.05) is 0 Å². The monoisotopic (exact) mass is 248 g/mol. The fraction of sp³-hybridized carbons (Fsp3) is 0.533. The quantitative estimate of drug-likeness (QED) is 0.623. The molecule has 0 radical (unpaired) electrons. The van der Waals surface area contributed by atoms with Crippen molar-refractivity contribution in [3.63, 3.8) is 0 Å². The Morgan fingerprint density at radius 2 is 1.83 bits per heavy atom. The van der Waals surface area contributed by atoms with E-state index in [0.717, 1.165) is 19.3 Å². The van der Waals surface area contributed by atoms with E-state index in [-0.39, 0.29) is 22.3 Å². The Hall–Kier alpha value is -1.51. The Bertz CT molecular complexity index is 491. The van der Waals surface area contributed by atoms with Crippen molar-refractivity contribution in [3.8, 4) is 11.5 Å². The smallest absolute Gasteiger partial charge is 0.161 e. The topological polar surface area (TPSA) is 57.5 Å². The van der Waals surface area contributed by atoms with Crippen LogP contribution in [0.3, 0.4) is 0 Å². The van der Waals surface area contributed by atoms with Gasteiger partial charge < -0.3 is 10.2 Å². The molecule has 1 aromatic carbocycles. The fourth-order valence-corrected chi connectivity index (χ4v) is 3.13. The van der Waals surface area contributed by atoms with Crippen LogP contribution in [0.2, 0.25) is 0 Å². The Morgan fingerprint density at radius 1 is 1.17 bits per heavy atom. The van der Waals surface area contributed by atoms with Gasteiger partial charge in [0, 0.05) is 16.5 Å². The van der Waals surface area contributed by atoms with E-state index in [2.05, 4.69) is 20.8 Å². The van der Waals surface area contributed by atoms with E-state index in [4.69, 9.17) is 0 Å². The van der Waals surface area contributed by atoms with Crippen LogP contribution in [0.1, 0.15) is 56.0 Å². The summed E-state index contributed by atoms with van der Waals surface area (Å²) in [6.45, 7) is 6.44. The van der Waals surface area contributed by atoms with Gasteiger partial charge in [-0.2, -0.15) is 0 Å². The molecule has 1 aromatic rings. The molecule has 0 unspecified atom stereocenters. The third-order valence-electron chi connectivity index (χ3n) is 4.81. The number of carbonyl (C=O) groups excluding carboxylic acids is 1. The summed E-state index contributed by atoms with van der Waals surface area (Å²) in [7, 11) is 0. The summed E-state index contributed by atoms with van der Waals surface area (Å²) >= 11 is 0. The Kier molecular flexibility index (Phi) is 2.88. The molecular weight excluding hydrogens is 228 g/mol. The van der Waals surface area contributed by atoms with Crippen LogP contribution in [0, 0.1) is 5.41 Å². The second kappa shape index (κ2) is 4.01. The maximum Gasteiger partial charge on any atom is 0.161 e. The lowest BCUT2D eigenvalue weighted by molar-refractivity contribution is 0.112. The van der Waals surface area contributed by atoms with E-state index in [9.17, 15) is 15.0 Å². The number of rotatable bonds is 2. The van der Waals surface area contributed by atoms with E-state index in [1.54, 1.807) is 6.07 Å². The van der Waals surface area contributed by atoms with Crippen molar-refractivity contribution in [3.05, 3.63) is 23.3 Å². The molecule has 1 aliphatic rings. The zero-order valence-electron chi connectivity index (χ0n) is 11.2. The highest BCUT2D eigenvalue weighted by molar-refractivity contribution is 5.77. The van der Waals surface area contributed by atoms with Gasteiger partial charge in [0.05, 0.1) is 0 Å². The van der Waals surface area contributed by atoms with Crippen molar-refractivity contribution in [2.45, 2.75) is 45.4 Å². The lowest BCUT2D eigenvalue weighted by atomic mass is 9.65. The van der Waals surface area contributed by atoms with Gasteiger partial charge in [0.25, 0.3) is 0 Å². The molecule has 0 amide bonds. The largest absolute Gasteiger partial charge is 0.504 e. The summed E-state index contributed by atoms with van der Waals surface area (Å²) in [6, 6.07) is 3.01. The van der Waals surface area contributed by atoms with Crippen LogP contribution >= 0.6 is 0 Å². The maximum absolute atomic E-state index is 10.9. The molecule has 3 nitrogen and oxygen atoms in total. The first-order valence-electron chi connectivity index (χ1n) is 6.33. The minimum atomic E-state index is -0.215. The molecule has 0 heterocycles. The van der Waals surface area contributed by atoms with Crippen molar-refractivity contribution in [2.24, 2.45) is 5.41 Å². The molecule has 0 aliphatic heterocycles. The van der Waals surface area contributed by atoms with Gasteiger partial charge in [-0.3, -0.25) is 4.79 Å². The average molecular weight is 248 g/mol. The van der Waals surface area contributed by atoms with Gasteiger partial charge in [-0.25, -0.2) is 0 Å². The molecule has 2 rings (SSSR count). The molecule has 3 heteroatoms. The molecular formula is C15H20O3. The lowest BCUT2D eigenvalue weighted by Gasteiger charge is -2.39. The van der Waals surface area contributed by atoms with Crippen molar-refractivity contribution in [1.82, 2.24) is 0 Å². The zero-order chi connectivity index (χ0) is 13.6. The molecule has 0 aromatic heterocycles. The summed E-state index contributed by atoms with van der Waals surface area (Å²) < 4.78 is 0. The van der Waals surface area contributed by atoms with Crippen LogP contribution < -0.4 is 0 Å². The average Bonchev–Trinajstić information content (AvgIpc) is 2.58. The van der Waals surface area contributed by atoms with Crippen molar-refractivity contribution in [1.29, 1.82) is 0 Å². The summed E-state index contributed by atoms with van der Waals surface area (Å²) in [5.41, 5.74) is 0.919. The number of aldehydes is 1. The van der Waals surface area contributed by atoms with Gasteiger partial charge in [-0.05, 0) is 30.4 Å². The van der Waals surface area contributed by atoms with Gasteiger partial charge >= 0.3 is 0 Å². The van der Waals surface area contributed by atoms with Gasteiger partial charge in [0.2, 0.25) is 0 Å². The van der Waals surface area contributed by atoms with E-state index >= 15 is 0 Å². The number of phenols is 2. The van der Waals surface area contributed by atoms with Gasteiger partial charge in [0.15, 0.2) is 11.5 Å². The third-order valence-corrected chi connectivity index (χ3v) is 4.81. The molecule has 1 saturated carbocycles. The summed E-state index contributed by atoms with van der Waals surface area (Å²) in [6.07, 6.45) is 3.83. The van der Waals surface area contributed by atoms with Crippen LogP contribution in [-0.4, -0.2) is 16.5 Å². The van der Waals surface area contributed by atoms with Crippen LogP contribution in [-0.2, 0) is 5.41 Å². The predicted octanol–water partition coefficient (Wildman–Crippen LogP) is 3.38. The lowest BCUT2D eigenvalue weighted by Crippen LogP contribution is -2.34. The number of hydrogen-bond donors (Lipinski definition) is 2. The summed E-state index contributed by atoms with van der Waals surface area (Å²) in [5.74, 6) is -0.295. The first kappa shape index (κ1) is 12.9. The van der Waals surface area contributed by atoms with E-state index in [0.29, 0.717) is 17.4 Å². The molecule has 1 aliphatic carbocycles. The number of aromatic hydroxyl groups is 2. The minimum Gasteiger partial charge on any atom is -0.504 e. The second-order valence-electron chi connectivity index (χ2n) is 6.12. The van der Waals surface area contributed by atoms with Gasteiger partial charge in [-0.15, -0.1) is 0 Å². The molecule has 2 N–H and O–H groups in total. The molecule has 98 valence electrons. The molecule has 1 fully saturated rings. The van der Waals surface area contributed by atoms with Crippen LogP contribution in [0.25, 0.3) is 0 Å². The van der Waals surface area contributed by atoms with Crippen molar-refractivity contribution >= 4 is 6.29 Å². The number of phenolic OH excluding ortho intramolecular Hbond substituents is 2. The highest BCUT2D eigenvalue weighted by atomic mass is 16.3. The molecule has 0 spiro atoms. The summed E-state index contributed by atoms with van der Waals surface area (Å²) in [5, 5.41) is 19.9. The minimum absolute atomic E-state index is 0.0401. The van der Waals surface area contributed by atoms with E-state index < -0.39 is 0 Å². The zero-order valence-corrected chi connectivity index (χ0v) is 11.2. The number of benzene rings is 1. The van der Waals surface area contributed by atoms with E-state index in [1.165, 1.54) is 6.07 Å². The molecule has 18 heavy (non-hydrogen) atoms. The highest BCUT2D eigenvalue weighted by Crippen LogP contribution is 2.56. The predicted molar refractivity (Wildman–Crippen MR) is 70.1 cm³/mol. The first-order valence-corrected chi connectivity index (χ1v) is 6.33. The summed E-state index contributed by atoms with van der Waals surface area (Å²) in [4.78, 5) is 10.9.